The first kappa shape index (κ1) is 20.9. The Morgan fingerprint density at radius 1 is 1.32 bits per heavy atom. The van der Waals surface area contributed by atoms with Crippen molar-refractivity contribution in [2.45, 2.75) is 35.4 Å². The van der Waals surface area contributed by atoms with Crippen LogP contribution in [-0.4, -0.2) is 55.4 Å². The molecule has 11 heteroatoms. The number of benzene rings is 1. The van der Waals surface area contributed by atoms with Gasteiger partial charge in [-0.15, -0.1) is 10.2 Å². The summed E-state index contributed by atoms with van der Waals surface area (Å²) >= 11 is 2.72. The first-order valence-electron chi connectivity index (χ1n) is 8.91. The van der Waals surface area contributed by atoms with Gasteiger partial charge in [0.25, 0.3) is 15.9 Å². The Hall–Kier alpha value is -1.85. The summed E-state index contributed by atoms with van der Waals surface area (Å²) in [6, 6.07) is 4.27. The van der Waals surface area contributed by atoms with E-state index in [0.29, 0.717) is 23.2 Å². The SMILES string of the molecule is CCCSc1nnc(NS(=O)(=O)c2ccc(OC)c(C(=O)N3CCCC3)c2)s1. The first-order chi connectivity index (χ1) is 13.4. The highest BCUT2D eigenvalue weighted by atomic mass is 32.2. The van der Waals surface area contributed by atoms with E-state index in [1.54, 1.807) is 4.90 Å². The summed E-state index contributed by atoms with van der Waals surface area (Å²) in [5, 5.41) is 8.07. The molecule has 0 unspecified atom stereocenters. The van der Waals surface area contributed by atoms with Crippen LogP contribution in [0, 0.1) is 0 Å². The number of amides is 1. The standard InChI is InChI=1S/C17H22N4O4S3/c1-3-10-26-17-19-18-16(27-17)20-28(23,24)12-6-7-14(25-2)13(11-12)15(22)21-8-4-5-9-21/h6-7,11H,3-5,8-10H2,1-2H3,(H,18,20). The van der Waals surface area contributed by atoms with Crippen molar-refractivity contribution in [3.63, 3.8) is 0 Å². The van der Waals surface area contributed by atoms with Crippen LogP contribution in [0.5, 0.6) is 5.75 Å². The van der Waals surface area contributed by atoms with Crippen LogP contribution in [0.1, 0.15) is 36.5 Å². The van der Waals surface area contributed by atoms with Gasteiger partial charge in [-0.3, -0.25) is 9.52 Å². The third-order valence-electron chi connectivity index (χ3n) is 4.16. The number of carbonyl (C=O) groups excluding carboxylic acids is 1. The van der Waals surface area contributed by atoms with Gasteiger partial charge in [0.1, 0.15) is 5.75 Å². The Bertz CT molecular complexity index is 940. The fourth-order valence-electron chi connectivity index (χ4n) is 2.78. The number of hydrogen-bond donors (Lipinski definition) is 1. The molecule has 1 amide bonds. The summed E-state index contributed by atoms with van der Waals surface area (Å²) in [6.45, 7) is 3.39. The highest BCUT2D eigenvalue weighted by Gasteiger charge is 2.25. The molecule has 0 bridgehead atoms. The lowest BCUT2D eigenvalue weighted by molar-refractivity contribution is 0.0789. The Morgan fingerprint density at radius 2 is 2.07 bits per heavy atom. The van der Waals surface area contributed by atoms with Crippen molar-refractivity contribution >= 4 is 44.2 Å². The van der Waals surface area contributed by atoms with Gasteiger partial charge in [-0.2, -0.15) is 0 Å². The smallest absolute Gasteiger partial charge is 0.263 e. The summed E-state index contributed by atoms with van der Waals surface area (Å²) in [5.41, 5.74) is 0.240. The normalized spacial score (nSPS) is 14.3. The van der Waals surface area contributed by atoms with Gasteiger partial charge in [0.2, 0.25) is 5.13 Å². The maximum atomic E-state index is 12.8. The Balaban J connectivity index is 1.84. The number of anilines is 1. The molecule has 2 heterocycles. The summed E-state index contributed by atoms with van der Waals surface area (Å²) in [7, 11) is -2.45. The molecule has 1 aliphatic heterocycles. The summed E-state index contributed by atoms with van der Waals surface area (Å²) in [6.07, 6.45) is 2.89. The number of thioether (sulfide) groups is 1. The van der Waals surface area contributed by atoms with Gasteiger partial charge in [0, 0.05) is 18.8 Å². The Morgan fingerprint density at radius 3 is 2.75 bits per heavy atom. The number of methoxy groups -OCH3 is 1. The monoisotopic (exact) mass is 442 g/mol. The predicted octanol–water partition coefficient (Wildman–Crippen LogP) is 3.09. The van der Waals surface area contributed by atoms with Crippen LogP contribution in [-0.2, 0) is 10.0 Å². The number of nitrogens with zero attached hydrogens (tertiary/aromatic N) is 3. The molecule has 0 atom stereocenters. The third-order valence-corrected chi connectivity index (χ3v) is 7.81. The lowest BCUT2D eigenvalue weighted by Crippen LogP contribution is -2.28. The van der Waals surface area contributed by atoms with E-state index in [4.69, 9.17) is 4.74 Å². The summed E-state index contributed by atoms with van der Waals surface area (Å²) < 4.78 is 34.0. The predicted molar refractivity (Wildman–Crippen MR) is 110 cm³/mol. The van der Waals surface area contributed by atoms with Crippen LogP contribution in [0.4, 0.5) is 5.13 Å². The molecule has 0 aliphatic carbocycles. The largest absolute Gasteiger partial charge is 0.496 e. The van der Waals surface area contributed by atoms with E-state index in [-0.39, 0.29) is 21.5 Å². The van der Waals surface area contributed by atoms with Crippen molar-refractivity contribution < 1.29 is 17.9 Å². The molecule has 1 N–H and O–H groups in total. The molecule has 8 nitrogen and oxygen atoms in total. The molecule has 3 rings (SSSR count). The van der Waals surface area contributed by atoms with Crippen LogP contribution in [0.15, 0.2) is 27.4 Å². The molecular weight excluding hydrogens is 420 g/mol. The number of sulfonamides is 1. The number of ether oxygens (including phenoxy) is 1. The number of nitrogens with one attached hydrogen (secondary N) is 1. The molecule has 1 aliphatic rings. The van der Waals surface area contributed by atoms with Crippen molar-refractivity contribution in [2.24, 2.45) is 0 Å². The number of hydrogen-bond acceptors (Lipinski definition) is 8. The fourth-order valence-corrected chi connectivity index (χ4v) is 5.72. The maximum absolute atomic E-state index is 12.8. The van der Waals surface area contributed by atoms with Crippen molar-refractivity contribution in [3.05, 3.63) is 23.8 Å². The molecular formula is C17H22N4O4S3. The lowest BCUT2D eigenvalue weighted by atomic mass is 10.1. The average Bonchev–Trinajstić information content (AvgIpc) is 3.37. The maximum Gasteiger partial charge on any atom is 0.263 e. The molecule has 1 fully saturated rings. The second kappa shape index (κ2) is 9.10. The fraction of sp³-hybridized carbons (Fsp3) is 0.471. The van der Waals surface area contributed by atoms with Crippen LogP contribution in [0.3, 0.4) is 0 Å². The Kier molecular flexibility index (Phi) is 6.78. The van der Waals surface area contributed by atoms with Crippen LogP contribution in [0.25, 0.3) is 0 Å². The van der Waals surface area contributed by atoms with Crippen LogP contribution >= 0.6 is 23.1 Å². The van der Waals surface area contributed by atoms with E-state index in [1.165, 1.54) is 48.4 Å². The van der Waals surface area contributed by atoms with Crippen molar-refractivity contribution in [2.75, 3.05) is 30.7 Å². The number of aromatic nitrogens is 2. The molecule has 0 radical (unpaired) electrons. The van der Waals surface area contributed by atoms with Crippen LogP contribution in [0.2, 0.25) is 0 Å². The zero-order chi connectivity index (χ0) is 20.1. The van der Waals surface area contributed by atoms with Crippen LogP contribution < -0.4 is 9.46 Å². The molecule has 0 saturated carbocycles. The van der Waals surface area contributed by atoms with Gasteiger partial charge in [-0.05, 0) is 37.5 Å². The molecule has 1 aromatic heterocycles. The lowest BCUT2D eigenvalue weighted by Gasteiger charge is -2.18. The number of likely N-dealkylation sites (tertiary alicyclic amines) is 1. The summed E-state index contributed by atoms with van der Waals surface area (Å²) in [5.74, 6) is 1.02. The van der Waals surface area contributed by atoms with Gasteiger partial charge < -0.3 is 9.64 Å². The molecule has 152 valence electrons. The molecule has 28 heavy (non-hydrogen) atoms. The minimum atomic E-state index is -3.90. The summed E-state index contributed by atoms with van der Waals surface area (Å²) in [4.78, 5) is 14.5. The number of rotatable bonds is 8. The molecule has 1 saturated heterocycles. The quantitative estimate of drug-likeness (QED) is 0.627. The average molecular weight is 443 g/mol. The van der Waals surface area contributed by atoms with E-state index in [1.807, 2.05) is 0 Å². The van der Waals surface area contributed by atoms with Gasteiger partial charge in [0.15, 0.2) is 4.34 Å². The van der Waals surface area contributed by atoms with Crippen molar-refractivity contribution in [3.8, 4) is 5.75 Å². The minimum Gasteiger partial charge on any atom is -0.496 e. The minimum absolute atomic E-state index is 0.0196. The highest BCUT2D eigenvalue weighted by molar-refractivity contribution is 8.01. The number of carbonyl (C=O) groups is 1. The van der Waals surface area contributed by atoms with E-state index < -0.39 is 10.0 Å². The molecule has 1 aromatic carbocycles. The Labute approximate surface area is 172 Å². The van der Waals surface area contributed by atoms with E-state index in [0.717, 1.165) is 25.0 Å². The van der Waals surface area contributed by atoms with Gasteiger partial charge in [0.05, 0.1) is 17.6 Å². The second-order valence-corrected chi connectivity index (χ2v) is 10.2. The zero-order valence-corrected chi connectivity index (χ0v) is 18.1. The van der Waals surface area contributed by atoms with Crippen molar-refractivity contribution in [1.29, 1.82) is 0 Å². The highest BCUT2D eigenvalue weighted by Crippen LogP contribution is 2.29. The zero-order valence-electron chi connectivity index (χ0n) is 15.7. The van der Waals surface area contributed by atoms with Gasteiger partial charge in [-0.1, -0.05) is 30.0 Å². The van der Waals surface area contributed by atoms with Gasteiger partial charge >= 0.3 is 0 Å². The van der Waals surface area contributed by atoms with Gasteiger partial charge in [-0.25, -0.2) is 8.42 Å². The molecule has 2 aromatic rings. The van der Waals surface area contributed by atoms with Crippen molar-refractivity contribution in [1.82, 2.24) is 15.1 Å². The van der Waals surface area contributed by atoms with E-state index in [9.17, 15) is 13.2 Å². The van der Waals surface area contributed by atoms with E-state index in [2.05, 4.69) is 21.8 Å². The first-order valence-corrected chi connectivity index (χ1v) is 12.2. The second-order valence-electron chi connectivity index (χ2n) is 6.19. The third kappa shape index (κ3) is 4.76. The molecule has 0 spiro atoms. The van der Waals surface area contributed by atoms with E-state index >= 15 is 0 Å². The topological polar surface area (TPSA) is 101 Å².